The molecule has 0 N–H and O–H groups in total. The predicted molar refractivity (Wildman–Crippen MR) is 101 cm³/mol. The molecule has 6 heteroatoms. The number of nitrogens with zero attached hydrogens (tertiary/aromatic N) is 2. The molecule has 0 aromatic heterocycles. The number of thioether (sulfide) groups is 1. The van der Waals surface area contributed by atoms with Crippen LogP contribution in [0.2, 0.25) is 0 Å². The first kappa shape index (κ1) is 19.8. The molecule has 25 heavy (non-hydrogen) atoms. The van der Waals surface area contributed by atoms with Crippen molar-refractivity contribution in [3.8, 4) is 0 Å². The molecule has 1 saturated heterocycles. The van der Waals surface area contributed by atoms with Crippen LogP contribution in [0.25, 0.3) is 0 Å². The van der Waals surface area contributed by atoms with E-state index in [4.69, 9.17) is 4.74 Å². The summed E-state index contributed by atoms with van der Waals surface area (Å²) in [5, 5.41) is 0. The number of carbonyl (C=O) groups is 2. The number of hydrogen-bond acceptors (Lipinski definition) is 4. The Kier molecular flexibility index (Phi) is 7.78. The Morgan fingerprint density at radius 3 is 2.72 bits per heavy atom. The molecule has 1 fully saturated rings. The fourth-order valence-electron chi connectivity index (χ4n) is 2.98. The van der Waals surface area contributed by atoms with Crippen LogP contribution >= 0.6 is 11.8 Å². The highest BCUT2D eigenvalue weighted by molar-refractivity contribution is 7.99. The van der Waals surface area contributed by atoms with Gasteiger partial charge in [-0.05, 0) is 31.9 Å². The van der Waals surface area contributed by atoms with E-state index in [1.54, 1.807) is 21.6 Å². The highest BCUT2D eigenvalue weighted by Crippen LogP contribution is 2.21. The fourth-order valence-corrected chi connectivity index (χ4v) is 3.91. The Morgan fingerprint density at radius 1 is 1.32 bits per heavy atom. The Labute approximate surface area is 154 Å². The van der Waals surface area contributed by atoms with Crippen molar-refractivity contribution in [2.24, 2.45) is 5.92 Å². The lowest BCUT2D eigenvalue weighted by Crippen LogP contribution is -2.47. The third-order valence-corrected chi connectivity index (χ3v) is 5.48. The zero-order valence-electron chi connectivity index (χ0n) is 15.4. The van der Waals surface area contributed by atoms with E-state index >= 15 is 0 Å². The van der Waals surface area contributed by atoms with Crippen molar-refractivity contribution in [3.05, 3.63) is 29.8 Å². The molecule has 0 radical (unpaired) electrons. The van der Waals surface area contributed by atoms with Crippen LogP contribution in [0.4, 0.5) is 0 Å². The number of methoxy groups -OCH3 is 1. The van der Waals surface area contributed by atoms with Gasteiger partial charge in [-0.25, -0.2) is 0 Å². The van der Waals surface area contributed by atoms with Gasteiger partial charge in [-0.1, -0.05) is 17.7 Å². The van der Waals surface area contributed by atoms with Gasteiger partial charge in [0.1, 0.15) is 6.61 Å². The minimum Gasteiger partial charge on any atom is -0.375 e. The van der Waals surface area contributed by atoms with Crippen LogP contribution in [0.3, 0.4) is 0 Å². The maximum atomic E-state index is 12.7. The van der Waals surface area contributed by atoms with Crippen molar-refractivity contribution < 1.29 is 14.3 Å². The zero-order valence-corrected chi connectivity index (χ0v) is 16.2. The van der Waals surface area contributed by atoms with Crippen LogP contribution in [-0.4, -0.2) is 67.8 Å². The molecule has 2 amide bonds. The smallest absolute Gasteiger partial charge is 0.248 e. The van der Waals surface area contributed by atoms with Gasteiger partial charge >= 0.3 is 0 Å². The molecule has 0 bridgehead atoms. The summed E-state index contributed by atoms with van der Waals surface area (Å²) >= 11 is 1.76. The minimum atomic E-state index is -0.0936. The van der Waals surface area contributed by atoms with Crippen LogP contribution in [0, 0.1) is 12.8 Å². The van der Waals surface area contributed by atoms with Crippen molar-refractivity contribution >= 4 is 23.6 Å². The molecule has 1 aromatic carbocycles. The van der Waals surface area contributed by atoms with E-state index in [1.165, 1.54) is 17.6 Å². The lowest BCUT2D eigenvalue weighted by atomic mass is 9.96. The lowest BCUT2D eigenvalue weighted by molar-refractivity contribution is -0.141. The van der Waals surface area contributed by atoms with Crippen LogP contribution in [0.1, 0.15) is 18.4 Å². The number of likely N-dealkylation sites (tertiary alicyclic amines) is 1. The van der Waals surface area contributed by atoms with Crippen LogP contribution in [0.5, 0.6) is 0 Å². The highest BCUT2D eigenvalue weighted by Gasteiger charge is 2.29. The number of aryl methyl sites for hydroxylation is 1. The maximum absolute atomic E-state index is 12.7. The molecule has 1 aromatic rings. The number of rotatable bonds is 7. The van der Waals surface area contributed by atoms with E-state index in [9.17, 15) is 9.59 Å². The van der Waals surface area contributed by atoms with Gasteiger partial charge in [0.25, 0.3) is 0 Å². The number of ether oxygens (including phenoxy) is 1. The van der Waals surface area contributed by atoms with Gasteiger partial charge in [-0.3, -0.25) is 9.59 Å². The van der Waals surface area contributed by atoms with E-state index in [0.717, 1.165) is 25.1 Å². The SMILES string of the molecule is COCC(=O)N1CCC[C@H](C(=O)N(C)CCSc2ccc(C)cc2)C1. The summed E-state index contributed by atoms with van der Waals surface area (Å²) in [6.45, 7) is 4.10. The Morgan fingerprint density at radius 2 is 2.04 bits per heavy atom. The Bertz CT molecular complexity index is 577. The van der Waals surface area contributed by atoms with Crippen molar-refractivity contribution in [3.63, 3.8) is 0 Å². The summed E-state index contributed by atoms with van der Waals surface area (Å²) in [5.41, 5.74) is 1.25. The second-order valence-electron chi connectivity index (χ2n) is 6.53. The second kappa shape index (κ2) is 9.82. The first-order valence-electron chi connectivity index (χ1n) is 8.72. The molecule has 1 atom stereocenters. The summed E-state index contributed by atoms with van der Waals surface area (Å²) in [4.78, 5) is 29.4. The van der Waals surface area contributed by atoms with E-state index in [1.807, 2.05) is 7.05 Å². The van der Waals surface area contributed by atoms with E-state index in [-0.39, 0.29) is 24.3 Å². The average Bonchev–Trinajstić information content (AvgIpc) is 2.63. The molecule has 1 heterocycles. The molecule has 5 nitrogen and oxygen atoms in total. The number of piperidine rings is 1. The number of carbonyl (C=O) groups excluding carboxylic acids is 2. The highest BCUT2D eigenvalue weighted by atomic mass is 32.2. The topological polar surface area (TPSA) is 49.9 Å². The monoisotopic (exact) mass is 364 g/mol. The van der Waals surface area contributed by atoms with Gasteiger partial charge in [0.2, 0.25) is 11.8 Å². The molecule has 1 aliphatic rings. The van der Waals surface area contributed by atoms with Gasteiger partial charge in [0.05, 0.1) is 5.92 Å². The summed E-state index contributed by atoms with van der Waals surface area (Å²) < 4.78 is 4.91. The van der Waals surface area contributed by atoms with Crippen molar-refractivity contribution in [1.82, 2.24) is 9.80 Å². The van der Waals surface area contributed by atoms with Gasteiger partial charge < -0.3 is 14.5 Å². The number of benzene rings is 1. The second-order valence-corrected chi connectivity index (χ2v) is 7.70. The van der Waals surface area contributed by atoms with E-state index in [0.29, 0.717) is 13.1 Å². The van der Waals surface area contributed by atoms with Gasteiger partial charge in [0, 0.05) is 44.4 Å². The molecule has 0 unspecified atom stereocenters. The van der Waals surface area contributed by atoms with Crippen molar-refractivity contribution in [2.75, 3.05) is 46.2 Å². The van der Waals surface area contributed by atoms with E-state index < -0.39 is 0 Å². The Balaban J connectivity index is 1.78. The largest absolute Gasteiger partial charge is 0.375 e. The molecule has 2 rings (SSSR count). The predicted octanol–water partition coefficient (Wildman–Crippen LogP) is 2.43. The van der Waals surface area contributed by atoms with Gasteiger partial charge in [0.15, 0.2) is 0 Å². The molecule has 0 aliphatic carbocycles. The summed E-state index contributed by atoms with van der Waals surface area (Å²) in [6.07, 6.45) is 1.73. The maximum Gasteiger partial charge on any atom is 0.248 e. The van der Waals surface area contributed by atoms with Crippen LogP contribution < -0.4 is 0 Å². The molecular formula is C19H28N2O3S. The molecule has 138 valence electrons. The van der Waals surface area contributed by atoms with Crippen LogP contribution in [-0.2, 0) is 14.3 Å². The van der Waals surface area contributed by atoms with Crippen LogP contribution in [0.15, 0.2) is 29.2 Å². The van der Waals surface area contributed by atoms with Crippen molar-refractivity contribution in [1.29, 1.82) is 0 Å². The first-order chi connectivity index (χ1) is 12.0. The van der Waals surface area contributed by atoms with Crippen molar-refractivity contribution in [2.45, 2.75) is 24.7 Å². The molecule has 0 spiro atoms. The van der Waals surface area contributed by atoms with Gasteiger partial charge in [-0.15, -0.1) is 11.8 Å². The fraction of sp³-hybridized carbons (Fsp3) is 0.579. The normalized spacial score (nSPS) is 17.4. The number of hydrogen-bond donors (Lipinski definition) is 0. The third kappa shape index (κ3) is 6.04. The Hall–Kier alpha value is -1.53. The quantitative estimate of drug-likeness (QED) is 0.697. The third-order valence-electron chi connectivity index (χ3n) is 4.48. The van der Waals surface area contributed by atoms with E-state index in [2.05, 4.69) is 31.2 Å². The summed E-state index contributed by atoms with van der Waals surface area (Å²) in [5.74, 6) is 0.880. The average molecular weight is 365 g/mol. The standard InChI is InChI=1S/C19H28N2O3S/c1-15-6-8-17(9-7-15)25-12-11-20(2)19(23)16-5-4-10-21(13-16)18(22)14-24-3/h6-9,16H,4-5,10-14H2,1-3H3/t16-/m0/s1. The zero-order chi connectivity index (χ0) is 18.2. The summed E-state index contributed by atoms with van der Waals surface area (Å²) in [7, 11) is 3.37. The molecule has 0 saturated carbocycles. The molecule has 1 aliphatic heterocycles. The first-order valence-corrected chi connectivity index (χ1v) is 9.71. The van der Waals surface area contributed by atoms with Gasteiger partial charge in [-0.2, -0.15) is 0 Å². The minimum absolute atomic E-state index is 0.0300. The number of amides is 2. The molecular weight excluding hydrogens is 336 g/mol. The summed E-state index contributed by atoms with van der Waals surface area (Å²) in [6, 6.07) is 8.43. The lowest BCUT2D eigenvalue weighted by Gasteiger charge is -2.33.